The molecule has 2 aromatic rings. The third-order valence-corrected chi connectivity index (χ3v) is 4.89. The first-order valence-electron chi connectivity index (χ1n) is 9.60. The van der Waals surface area contributed by atoms with Crippen LogP contribution in [-0.2, 0) is 0 Å². The van der Waals surface area contributed by atoms with E-state index in [1.807, 2.05) is 24.4 Å². The molecule has 0 saturated heterocycles. The second-order valence-electron chi connectivity index (χ2n) is 6.68. The highest BCUT2D eigenvalue weighted by atomic mass is 16.5. The largest absolute Gasteiger partial charge is 0.497 e. The summed E-state index contributed by atoms with van der Waals surface area (Å²) in [5.41, 5.74) is 2.05. The SMILES string of the molecule is CCCCCN(CCNc1cc(OC)cc2cccnc12)[C@@H](C)CC. The van der Waals surface area contributed by atoms with E-state index >= 15 is 0 Å². The number of pyridine rings is 1. The number of nitrogens with zero attached hydrogens (tertiary/aromatic N) is 2. The van der Waals surface area contributed by atoms with E-state index in [0.29, 0.717) is 6.04 Å². The Morgan fingerprint density at radius 3 is 2.76 bits per heavy atom. The molecular weight excluding hydrogens is 310 g/mol. The van der Waals surface area contributed by atoms with Crippen molar-refractivity contribution in [3.05, 3.63) is 30.5 Å². The summed E-state index contributed by atoms with van der Waals surface area (Å²) in [6.45, 7) is 10.00. The van der Waals surface area contributed by atoms with E-state index in [1.165, 1.54) is 32.2 Å². The van der Waals surface area contributed by atoms with Crippen molar-refractivity contribution in [3.63, 3.8) is 0 Å². The lowest BCUT2D eigenvalue weighted by atomic mass is 10.1. The molecule has 1 heterocycles. The van der Waals surface area contributed by atoms with Gasteiger partial charge in [0.15, 0.2) is 0 Å². The van der Waals surface area contributed by atoms with Crippen molar-refractivity contribution in [2.45, 2.75) is 52.5 Å². The quantitative estimate of drug-likeness (QED) is 0.586. The van der Waals surface area contributed by atoms with Crippen molar-refractivity contribution < 1.29 is 4.74 Å². The number of fused-ring (bicyclic) bond motifs is 1. The Hall–Kier alpha value is -1.81. The molecule has 0 bridgehead atoms. The summed E-state index contributed by atoms with van der Waals surface area (Å²) in [4.78, 5) is 7.13. The van der Waals surface area contributed by atoms with Crippen molar-refractivity contribution in [1.29, 1.82) is 0 Å². The van der Waals surface area contributed by atoms with Gasteiger partial charge in [0.05, 0.1) is 18.3 Å². The Balaban J connectivity index is 2.02. The van der Waals surface area contributed by atoms with E-state index in [-0.39, 0.29) is 0 Å². The first kappa shape index (κ1) is 19.5. The van der Waals surface area contributed by atoms with Gasteiger partial charge in [0, 0.05) is 36.8 Å². The normalized spacial score (nSPS) is 12.5. The molecule has 4 nitrogen and oxygen atoms in total. The summed E-state index contributed by atoms with van der Waals surface area (Å²) in [5.74, 6) is 0.865. The van der Waals surface area contributed by atoms with Crippen molar-refractivity contribution in [1.82, 2.24) is 9.88 Å². The maximum Gasteiger partial charge on any atom is 0.121 e. The molecule has 1 aromatic heterocycles. The summed E-state index contributed by atoms with van der Waals surface area (Å²) in [7, 11) is 1.71. The number of aromatic nitrogens is 1. The Morgan fingerprint density at radius 1 is 1.20 bits per heavy atom. The van der Waals surface area contributed by atoms with Gasteiger partial charge in [-0.05, 0) is 38.4 Å². The van der Waals surface area contributed by atoms with Crippen LogP contribution in [0.15, 0.2) is 30.5 Å². The Kier molecular flexibility index (Phi) is 7.99. The molecule has 25 heavy (non-hydrogen) atoms. The number of unbranched alkanes of at least 4 members (excludes halogenated alkanes) is 2. The van der Waals surface area contributed by atoms with Gasteiger partial charge in [-0.3, -0.25) is 9.88 Å². The fourth-order valence-corrected chi connectivity index (χ4v) is 3.13. The number of benzene rings is 1. The summed E-state index contributed by atoms with van der Waals surface area (Å²) in [5, 5.41) is 4.68. The van der Waals surface area contributed by atoms with Gasteiger partial charge in [0.1, 0.15) is 5.75 Å². The highest BCUT2D eigenvalue weighted by molar-refractivity contribution is 5.91. The molecule has 0 aliphatic heterocycles. The fraction of sp³-hybridized carbons (Fsp3) is 0.571. The van der Waals surface area contributed by atoms with Crippen LogP contribution in [-0.4, -0.2) is 42.7 Å². The van der Waals surface area contributed by atoms with Gasteiger partial charge in [0.2, 0.25) is 0 Å². The molecule has 1 atom stereocenters. The highest BCUT2D eigenvalue weighted by Crippen LogP contribution is 2.27. The number of ether oxygens (including phenoxy) is 1. The molecule has 0 aliphatic carbocycles. The number of nitrogens with one attached hydrogen (secondary N) is 1. The van der Waals surface area contributed by atoms with Gasteiger partial charge >= 0.3 is 0 Å². The highest BCUT2D eigenvalue weighted by Gasteiger charge is 2.12. The second-order valence-corrected chi connectivity index (χ2v) is 6.68. The number of methoxy groups -OCH3 is 1. The molecule has 0 aliphatic rings. The topological polar surface area (TPSA) is 37.4 Å². The number of hydrogen-bond donors (Lipinski definition) is 1. The van der Waals surface area contributed by atoms with Crippen LogP contribution in [0.3, 0.4) is 0 Å². The Bertz CT molecular complexity index is 644. The molecule has 4 heteroatoms. The molecular formula is C21H33N3O. The Labute approximate surface area is 152 Å². The lowest BCUT2D eigenvalue weighted by molar-refractivity contribution is 0.207. The molecule has 0 unspecified atom stereocenters. The Morgan fingerprint density at radius 2 is 2.04 bits per heavy atom. The first-order chi connectivity index (χ1) is 12.2. The van der Waals surface area contributed by atoms with Gasteiger partial charge in [-0.25, -0.2) is 0 Å². The molecule has 0 radical (unpaired) electrons. The van der Waals surface area contributed by atoms with Crippen LogP contribution >= 0.6 is 0 Å². The summed E-state index contributed by atoms with van der Waals surface area (Å²) in [6, 6.07) is 8.73. The number of rotatable bonds is 11. The van der Waals surface area contributed by atoms with Crippen molar-refractivity contribution in [2.24, 2.45) is 0 Å². The molecule has 138 valence electrons. The van der Waals surface area contributed by atoms with Gasteiger partial charge < -0.3 is 10.1 Å². The van der Waals surface area contributed by atoms with E-state index in [0.717, 1.165) is 35.4 Å². The van der Waals surface area contributed by atoms with Crippen LogP contribution in [0.25, 0.3) is 10.9 Å². The van der Waals surface area contributed by atoms with Crippen molar-refractivity contribution >= 4 is 16.6 Å². The zero-order valence-corrected chi connectivity index (χ0v) is 16.2. The van der Waals surface area contributed by atoms with E-state index in [2.05, 4.69) is 42.0 Å². The first-order valence-corrected chi connectivity index (χ1v) is 9.60. The van der Waals surface area contributed by atoms with Crippen LogP contribution in [0.5, 0.6) is 5.75 Å². The molecule has 1 N–H and O–H groups in total. The van der Waals surface area contributed by atoms with Crippen LogP contribution in [0.4, 0.5) is 5.69 Å². The van der Waals surface area contributed by atoms with Crippen LogP contribution < -0.4 is 10.1 Å². The van der Waals surface area contributed by atoms with E-state index in [9.17, 15) is 0 Å². The van der Waals surface area contributed by atoms with Crippen LogP contribution in [0.1, 0.15) is 46.5 Å². The van der Waals surface area contributed by atoms with Crippen LogP contribution in [0, 0.1) is 0 Å². The monoisotopic (exact) mass is 343 g/mol. The molecule has 0 saturated carbocycles. The molecule has 1 aromatic carbocycles. The smallest absolute Gasteiger partial charge is 0.121 e. The number of hydrogen-bond acceptors (Lipinski definition) is 4. The minimum Gasteiger partial charge on any atom is -0.497 e. The third-order valence-electron chi connectivity index (χ3n) is 4.89. The predicted molar refractivity (Wildman–Crippen MR) is 108 cm³/mol. The minimum absolute atomic E-state index is 0.624. The molecule has 0 spiro atoms. The fourth-order valence-electron chi connectivity index (χ4n) is 3.13. The minimum atomic E-state index is 0.624. The lowest BCUT2D eigenvalue weighted by Gasteiger charge is -2.28. The van der Waals surface area contributed by atoms with E-state index in [1.54, 1.807) is 7.11 Å². The van der Waals surface area contributed by atoms with Crippen molar-refractivity contribution in [2.75, 3.05) is 32.1 Å². The standard InChI is InChI=1S/C21H33N3O/c1-5-7-8-13-24(17(3)6-2)14-12-22-20-16-19(25-4)15-18-10-9-11-23-21(18)20/h9-11,15-17,22H,5-8,12-14H2,1-4H3/t17-/m0/s1. The zero-order chi connectivity index (χ0) is 18.1. The maximum absolute atomic E-state index is 5.43. The van der Waals surface area contributed by atoms with E-state index in [4.69, 9.17) is 4.74 Å². The van der Waals surface area contributed by atoms with Crippen molar-refractivity contribution in [3.8, 4) is 5.75 Å². The van der Waals surface area contributed by atoms with Gasteiger partial charge in [-0.1, -0.05) is 32.8 Å². The molecule has 2 rings (SSSR count). The zero-order valence-electron chi connectivity index (χ0n) is 16.2. The third kappa shape index (κ3) is 5.60. The van der Waals surface area contributed by atoms with Gasteiger partial charge in [-0.2, -0.15) is 0 Å². The predicted octanol–water partition coefficient (Wildman–Crippen LogP) is 4.95. The molecule has 0 amide bonds. The average Bonchev–Trinajstić information content (AvgIpc) is 2.65. The maximum atomic E-state index is 5.43. The van der Waals surface area contributed by atoms with E-state index < -0.39 is 0 Å². The second kappa shape index (κ2) is 10.2. The summed E-state index contributed by atoms with van der Waals surface area (Å²) in [6.07, 6.45) is 6.90. The average molecular weight is 344 g/mol. The lowest BCUT2D eigenvalue weighted by Crippen LogP contribution is -2.37. The van der Waals surface area contributed by atoms with Gasteiger partial charge in [0.25, 0.3) is 0 Å². The molecule has 0 fully saturated rings. The van der Waals surface area contributed by atoms with Crippen LogP contribution in [0.2, 0.25) is 0 Å². The summed E-state index contributed by atoms with van der Waals surface area (Å²) < 4.78 is 5.43. The summed E-state index contributed by atoms with van der Waals surface area (Å²) >= 11 is 0. The number of anilines is 1. The van der Waals surface area contributed by atoms with Gasteiger partial charge in [-0.15, -0.1) is 0 Å².